The van der Waals surface area contributed by atoms with Crippen molar-refractivity contribution in [1.82, 2.24) is 4.98 Å². The highest BCUT2D eigenvalue weighted by Crippen LogP contribution is 2.24. The van der Waals surface area contributed by atoms with E-state index in [-0.39, 0.29) is 0 Å². The van der Waals surface area contributed by atoms with E-state index in [2.05, 4.69) is 31.1 Å². The molecule has 13 heavy (non-hydrogen) atoms. The number of aromatic nitrogens is 1. The van der Waals surface area contributed by atoms with Crippen LogP contribution in [0.5, 0.6) is 0 Å². The van der Waals surface area contributed by atoms with Crippen LogP contribution in [0.2, 0.25) is 0 Å². The van der Waals surface area contributed by atoms with Crippen LogP contribution < -0.4 is 5.73 Å². The van der Waals surface area contributed by atoms with Crippen LogP contribution in [0.4, 0.5) is 0 Å². The van der Waals surface area contributed by atoms with Gasteiger partial charge in [0.25, 0.3) is 0 Å². The smallest absolute Gasteiger partial charge is 0.0953 e. The Labute approximate surface area is 84.2 Å². The molecule has 3 heteroatoms. The number of rotatable bonds is 4. The van der Waals surface area contributed by atoms with Crippen LogP contribution >= 0.6 is 11.3 Å². The molecule has 1 aromatic rings. The molecule has 0 aliphatic heterocycles. The Balaban J connectivity index is 2.78. The van der Waals surface area contributed by atoms with E-state index in [0.29, 0.717) is 18.4 Å². The predicted octanol–water partition coefficient (Wildman–Crippen LogP) is 2.72. The zero-order valence-electron chi connectivity index (χ0n) is 8.58. The second-order valence-corrected chi connectivity index (χ2v) is 4.50. The van der Waals surface area contributed by atoms with Crippen molar-refractivity contribution < 1.29 is 0 Å². The summed E-state index contributed by atoms with van der Waals surface area (Å²) in [5, 5.41) is 3.37. The zero-order valence-corrected chi connectivity index (χ0v) is 9.40. The molecule has 2 N–H and O–H groups in total. The van der Waals surface area contributed by atoms with Crippen molar-refractivity contribution in [2.24, 2.45) is 5.73 Å². The molecule has 0 saturated carbocycles. The standard InChI is InChI=1S/C10H18N2S/c1-4-8(5-11)9-6-13-10(12-9)7(2)3/h6-8H,4-5,11H2,1-3H3. The van der Waals surface area contributed by atoms with Gasteiger partial charge in [0.05, 0.1) is 10.7 Å². The second kappa shape index (κ2) is 4.72. The molecule has 0 bridgehead atoms. The number of nitrogens with two attached hydrogens (primary N) is 1. The van der Waals surface area contributed by atoms with Crippen LogP contribution in [0.15, 0.2) is 5.38 Å². The Kier molecular flexibility index (Phi) is 3.88. The van der Waals surface area contributed by atoms with Crippen molar-refractivity contribution in [3.05, 3.63) is 16.1 Å². The third kappa shape index (κ3) is 2.51. The van der Waals surface area contributed by atoms with Crippen molar-refractivity contribution in [1.29, 1.82) is 0 Å². The maximum absolute atomic E-state index is 5.67. The molecule has 0 fully saturated rings. The zero-order chi connectivity index (χ0) is 9.84. The van der Waals surface area contributed by atoms with Crippen LogP contribution in [0.25, 0.3) is 0 Å². The van der Waals surface area contributed by atoms with Crippen LogP contribution in [-0.4, -0.2) is 11.5 Å². The molecule has 0 aliphatic rings. The van der Waals surface area contributed by atoms with Gasteiger partial charge in [-0.2, -0.15) is 0 Å². The summed E-state index contributed by atoms with van der Waals surface area (Å²) in [6.07, 6.45) is 1.08. The SMILES string of the molecule is CCC(CN)c1csc(C(C)C)n1. The van der Waals surface area contributed by atoms with E-state index >= 15 is 0 Å². The first-order valence-corrected chi connectivity index (χ1v) is 5.72. The number of thiazole rings is 1. The lowest BCUT2D eigenvalue weighted by molar-refractivity contribution is 0.653. The van der Waals surface area contributed by atoms with Crippen LogP contribution in [-0.2, 0) is 0 Å². The third-order valence-corrected chi connectivity index (χ3v) is 3.39. The normalized spacial score (nSPS) is 13.6. The van der Waals surface area contributed by atoms with Gasteiger partial charge < -0.3 is 5.73 Å². The molecular weight excluding hydrogens is 180 g/mol. The predicted molar refractivity (Wildman–Crippen MR) is 58.3 cm³/mol. The van der Waals surface area contributed by atoms with E-state index in [4.69, 9.17) is 5.73 Å². The maximum atomic E-state index is 5.67. The molecule has 1 heterocycles. The lowest BCUT2D eigenvalue weighted by Gasteiger charge is -2.07. The van der Waals surface area contributed by atoms with Gasteiger partial charge in [-0.05, 0) is 6.42 Å². The lowest BCUT2D eigenvalue weighted by atomic mass is 10.0. The van der Waals surface area contributed by atoms with Crippen molar-refractivity contribution in [2.75, 3.05) is 6.54 Å². The van der Waals surface area contributed by atoms with Crippen molar-refractivity contribution in [3.8, 4) is 0 Å². The minimum atomic E-state index is 0.448. The molecule has 0 spiro atoms. The minimum Gasteiger partial charge on any atom is -0.330 e. The minimum absolute atomic E-state index is 0.448. The van der Waals surface area contributed by atoms with Gasteiger partial charge in [-0.15, -0.1) is 11.3 Å². The van der Waals surface area contributed by atoms with Gasteiger partial charge in [0.2, 0.25) is 0 Å². The largest absolute Gasteiger partial charge is 0.330 e. The molecular formula is C10H18N2S. The Morgan fingerprint density at radius 2 is 2.23 bits per heavy atom. The van der Waals surface area contributed by atoms with Gasteiger partial charge >= 0.3 is 0 Å². The molecule has 2 nitrogen and oxygen atoms in total. The Morgan fingerprint density at radius 3 is 2.62 bits per heavy atom. The topological polar surface area (TPSA) is 38.9 Å². The Bertz CT molecular complexity index is 251. The third-order valence-electron chi connectivity index (χ3n) is 2.23. The molecule has 1 unspecified atom stereocenters. The molecule has 0 amide bonds. The van der Waals surface area contributed by atoms with Crippen molar-refractivity contribution >= 4 is 11.3 Å². The maximum Gasteiger partial charge on any atom is 0.0953 e. The van der Waals surface area contributed by atoms with Gasteiger partial charge in [0.1, 0.15) is 0 Å². The Morgan fingerprint density at radius 1 is 1.54 bits per heavy atom. The summed E-state index contributed by atoms with van der Waals surface area (Å²) in [6, 6.07) is 0. The molecule has 74 valence electrons. The number of hydrogen-bond donors (Lipinski definition) is 1. The highest BCUT2D eigenvalue weighted by atomic mass is 32.1. The average Bonchev–Trinajstić information content (AvgIpc) is 2.56. The highest BCUT2D eigenvalue weighted by Gasteiger charge is 2.12. The average molecular weight is 198 g/mol. The molecule has 0 radical (unpaired) electrons. The van der Waals surface area contributed by atoms with E-state index < -0.39 is 0 Å². The van der Waals surface area contributed by atoms with E-state index in [0.717, 1.165) is 6.42 Å². The monoisotopic (exact) mass is 198 g/mol. The lowest BCUT2D eigenvalue weighted by Crippen LogP contribution is -2.11. The van der Waals surface area contributed by atoms with E-state index in [1.165, 1.54) is 10.7 Å². The second-order valence-electron chi connectivity index (χ2n) is 3.61. The van der Waals surface area contributed by atoms with Gasteiger partial charge in [-0.3, -0.25) is 0 Å². The molecule has 1 aromatic heterocycles. The van der Waals surface area contributed by atoms with Crippen molar-refractivity contribution in [2.45, 2.75) is 39.0 Å². The van der Waals surface area contributed by atoms with Gasteiger partial charge in [-0.25, -0.2) is 4.98 Å². The summed E-state index contributed by atoms with van der Waals surface area (Å²) in [4.78, 5) is 4.59. The summed E-state index contributed by atoms with van der Waals surface area (Å²) in [7, 11) is 0. The first-order chi connectivity index (χ1) is 6.19. The van der Waals surface area contributed by atoms with Crippen molar-refractivity contribution in [3.63, 3.8) is 0 Å². The van der Waals surface area contributed by atoms with E-state index in [9.17, 15) is 0 Å². The summed E-state index contributed by atoms with van der Waals surface area (Å²) in [5.41, 5.74) is 6.84. The number of nitrogens with zero attached hydrogens (tertiary/aromatic N) is 1. The molecule has 0 saturated heterocycles. The molecule has 1 rings (SSSR count). The fraction of sp³-hybridized carbons (Fsp3) is 0.700. The van der Waals surface area contributed by atoms with E-state index in [1.807, 2.05) is 0 Å². The first kappa shape index (κ1) is 10.7. The summed E-state index contributed by atoms with van der Waals surface area (Å²) in [5.74, 6) is 0.984. The fourth-order valence-electron chi connectivity index (χ4n) is 1.25. The number of hydrogen-bond acceptors (Lipinski definition) is 3. The molecule has 0 aliphatic carbocycles. The first-order valence-electron chi connectivity index (χ1n) is 4.84. The summed E-state index contributed by atoms with van der Waals surface area (Å²) >= 11 is 1.75. The summed E-state index contributed by atoms with van der Waals surface area (Å²) < 4.78 is 0. The fourth-order valence-corrected chi connectivity index (χ4v) is 2.17. The van der Waals surface area contributed by atoms with Gasteiger partial charge in [0, 0.05) is 23.8 Å². The van der Waals surface area contributed by atoms with Crippen LogP contribution in [0, 0.1) is 0 Å². The van der Waals surface area contributed by atoms with Gasteiger partial charge in [0.15, 0.2) is 0 Å². The quantitative estimate of drug-likeness (QED) is 0.808. The highest BCUT2D eigenvalue weighted by molar-refractivity contribution is 7.09. The summed E-state index contributed by atoms with van der Waals surface area (Å²) in [6.45, 7) is 7.21. The van der Waals surface area contributed by atoms with E-state index in [1.54, 1.807) is 11.3 Å². The van der Waals surface area contributed by atoms with Crippen LogP contribution in [0.1, 0.15) is 49.7 Å². The molecule has 0 aromatic carbocycles. The Hall–Kier alpha value is -0.410. The van der Waals surface area contributed by atoms with Gasteiger partial charge in [-0.1, -0.05) is 20.8 Å². The van der Waals surface area contributed by atoms with Crippen LogP contribution in [0.3, 0.4) is 0 Å². The molecule has 1 atom stereocenters.